The van der Waals surface area contributed by atoms with Crippen molar-refractivity contribution in [1.29, 1.82) is 0 Å². The third-order valence-electron chi connectivity index (χ3n) is 4.06. The Balaban J connectivity index is 1.83. The molecule has 0 bridgehead atoms. The Bertz CT molecular complexity index is 802. The van der Waals surface area contributed by atoms with E-state index in [1.807, 2.05) is 0 Å². The van der Waals surface area contributed by atoms with Gasteiger partial charge in [0.25, 0.3) is 10.0 Å². The second-order valence-corrected chi connectivity index (χ2v) is 7.69. The Morgan fingerprint density at radius 1 is 1.27 bits per heavy atom. The maximum absolute atomic E-state index is 12.8. The molecular weight excluding hydrogens is 324 g/mol. The number of halogens is 1. The number of para-hydroxylation sites is 1. The zero-order valence-electron chi connectivity index (χ0n) is 11.7. The van der Waals surface area contributed by atoms with Gasteiger partial charge in [0.15, 0.2) is 0 Å². The van der Waals surface area contributed by atoms with Gasteiger partial charge in [-0.05, 0) is 25.0 Å². The Morgan fingerprint density at radius 3 is 2.77 bits per heavy atom. The van der Waals surface area contributed by atoms with Crippen molar-refractivity contribution in [3.8, 4) is 0 Å². The van der Waals surface area contributed by atoms with Gasteiger partial charge in [0.2, 0.25) is 5.16 Å². The third kappa shape index (κ3) is 2.07. The Morgan fingerprint density at radius 2 is 2.09 bits per heavy atom. The number of rotatable bonds is 3. The Labute approximate surface area is 133 Å². The molecule has 4 rings (SSSR count). The molecule has 1 aromatic heterocycles. The van der Waals surface area contributed by atoms with Gasteiger partial charge in [-0.1, -0.05) is 17.7 Å². The van der Waals surface area contributed by atoms with E-state index < -0.39 is 10.0 Å². The molecule has 0 atom stereocenters. The summed E-state index contributed by atoms with van der Waals surface area (Å²) in [6.07, 6.45) is 5.21. The van der Waals surface area contributed by atoms with Crippen LogP contribution in [0.1, 0.15) is 12.8 Å². The minimum Gasteiger partial charge on any atom is -0.364 e. The van der Waals surface area contributed by atoms with E-state index in [0.29, 0.717) is 29.8 Å². The van der Waals surface area contributed by atoms with Crippen molar-refractivity contribution in [2.45, 2.75) is 24.0 Å². The predicted molar refractivity (Wildman–Crippen MR) is 84.9 cm³/mol. The van der Waals surface area contributed by atoms with Gasteiger partial charge in [-0.25, -0.2) is 4.98 Å². The molecule has 1 aromatic carbocycles. The Kier molecular flexibility index (Phi) is 3.09. The second-order valence-electron chi connectivity index (χ2n) is 5.50. The Hall–Kier alpha value is -1.73. The lowest BCUT2D eigenvalue weighted by Gasteiger charge is -2.38. The summed E-state index contributed by atoms with van der Waals surface area (Å²) in [7, 11) is -3.70. The third-order valence-corrected chi connectivity index (χ3v) is 6.04. The summed E-state index contributed by atoms with van der Waals surface area (Å²) >= 11 is 6.36. The van der Waals surface area contributed by atoms with Gasteiger partial charge in [0.05, 0.1) is 22.9 Å². The van der Waals surface area contributed by atoms with Crippen LogP contribution in [-0.2, 0) is 10.0 Å². The van der Waals surface area contributed by atoms with Crippen molar-refractivity contribution in [2.24, 2.45) is 0 Å². The highest BCUT2D eigenvalue weighted by Gasteiger charge is 2.39. The lowest BCUT2D eigenvalue weighted by molar-refractivity contribution is 0.580. The summed E-state index contributed by atoms with van der Waals surface area (Å²) in [5.74, 6) is 0. The summed E-state index contributed by atoms with van der Waals surface area (Å²) in [4.78, 5) is 8.80. The number of aromatic nitrogens is 2. The smallest absolute Gasteiger partial charge is 0.298 e. The first-order chi connectivity index (χ1) is 10.6. The molecule has 0 spiro atoms. The van der Waals surface area contributed by atoms with Crippen molar-refractivity contribution < 1.29 is 8.42 Å². The standard InChI is InChI=1S/C14H15ClN4O2S/c15-11-2-1-3-12-13(11)18(10-4-5-10)8-9-19(12)22(20,21)14-16-6-7-17-14/h1-3,6-7,10H,4-5,8-9H2,(H,16,17). The van der Waals surface area contributed by atoms with E-state index in [2.05, 4.69) is 14.9 Å². The summed E-state index contributed by atoms with van der Waals surface area (Å²) in [5.41, 5.74) is 1.44. The maximum Gasteiger partial charge on any atom is 0.298 e. The monoisotopic (exact) mass is 338 g/mol. The molecule has 0 unspecified atom stereocenters. The molecular formula is C14H15ClN4O2S. The first-order valence-corrected chi connectivity index (χ1v) is 8.98. The number of anilines is 2. The van der Waals surface area contributed by atoms with Crippen molar-refractivity contribution in [3.63, 3.8) is 0 Å². The topological polar surface area (TPSA) is 69.3 Å². The lowest BCUT2D eigenvalue weighted by Crippen LogP contribution is -2.45. The number of aromatic amines is 1. The van der Waals surface area contributed by atoms with Crippen LogP contribution in [0.4, 0.5) is 11.4 Å². The van der Waals surface area contributed by atoms with Crippen LogP contribution in [0.5, 0.6) is 0 Å². The van der Waals surface area contributed by atoms with Crippen LogP contribution in [0.15, 0.2) is 35.7 Å². The fraction of sp³-hybridized carbons (Fsp3) is 0.357. The van der Waals surface area contributed by atoms with Crippen LogP contribution in [-0.4, -0.2) is 37.5 Å². The normalized spacial score (nSPS) is 18.4. The van der Waals surface area contributed by atoms with Gasteiger partial charge in [-0.15, -0.1) is 0 Å². The average Bonchev–Trinajstić information content (AvgIpc) is 3.19. The number of sulfonamides is 1. The zero-order valence-corrected chi connectivity index (χ0v) is 13.3. The SMILES string of the molecule is O=S(=O)(c1ncc[nH]1)N1CCN(C2CC2)c2c(Cl)cccc21. The number of nitrogens with zero attached hydrogens (tertiary/aromatic N) is 3. The molecule has 1 N–H and O–H groups in total. The molecule has 22 heavy (non-hydrogen) atoms. The molecule has 2 aliphatic rings. The minimum atomic E-state index is -3.70. The quantitative estimate of drug-likeness (QED) is 0.931. The predicted octanol–water partition coefficient (Wildman–Crippen LogP) is 2.24. The number of imidazole rings is 1. The number of nitrogens with one attached hydrogen (secondary N) is 1. The zero-order chi connectivity index (χ0) is 15.3. The van der Waals surface area contributed by atoms with Gasteiger partial charge in [0.1, 0.15) is 0 Å². The molecule has 8 heteroatoms. The minimum absolute atomic E-state index is 0.0432. The molecule has 1 aliphatic carbocycles. The number of H-pyrrole nitrogens is 1. The molecule has 0 amide bonds. The average molecular weight is 339 g/mol. The summed E-state index contributed by atoms with van der Waals surface area (Å²) in [5, 5.41) is 0.544. The highest BCUT2D eigenvalue weighted by Crippen LogP contribution is 2.45. The van der Waals surface area contributed by atoms with Crippen LogP contribution >= 0.6 is 11.6 Å². The fourth-order valence-electron chi connectivity index (χ4n) is 2.92. The van der Waals surface area contributed by atoms with Crippen molar-refractivity contribution >= 4 is 33.0 Å². The molecule has 0 saturated heterocycles. The lowest BCUT2D eigenvalue weighted by atomic mass is 10.2. The van der Waals surface area contributed by atoms with Gasteiger partial charge < -0.3 is 9.88 Å². The van der Waals surface area contributed by atoms with Crippen LogP contribution in [0.2, 0.25) is 5.02 Å². The largest absolute Gasteiger partial charge is 0.364 e. The summed E-state index contributed by atoms with van der Waals surface area (Å²) < 4.78 is 27.0. The van der Waals surface area contributed by atoms with Crippen molar-refractivity contribution in [2.75, 3.05) is 22.3 Å². The van der Waals surface area contributed by atoms with E-state index in [1.54, 1.807) is 18.2 Å². The molecule has 2 aromatic rings. The summed E-state index contributed by atoms with van der Waals surface area (Å²) in [6, 6.07) is 5.86. The first-order valence-electron chi connectivity index (χ1n) is 7.16. The van der Waals surface area contributed by atoms with Crippen LogP contribution in [0.3, 0.4) is 0 Å². The van der Waals surface area contributed by atoms with E-state index in [0.717, 1.165) is 18.5 Å². The molecule has 0 radical (unpaired) electrons. The van der Waals surface area contributed by atoms with Crippen LogP contribution < -0.4 is 9.21 Å². The van der Waals surface area contributed by atoms with Gasteiger partial charge in [0, 0.05) is 25.0 Å². The van der Waals surface area contributed by atoms with Crippen molar-refractivity contribution in [1.82, 2.24) is 9.97 Å². The van der Waals surface area contributed by atoms with Crippen LogP contribution in [0.25, 0.3) is 0 Å². The van der Waals surface area contributed by atoms with E-state index >= 15 is 0 Å². The molecule has 2 heterocycles. The molecule has 6 nitrogen and oxygen atoms in total. The van der Waals surface area contributed by atoms with Gasteiger partial charge >= 0.3 is 0 Å². The highest BCUT2D eigenvalue weighted by atomic mass is 35.5. The molecule has 1 fully saturated rings. The number of hydrogen-bond donors (Lipinski definition) is 1. The maximum atomic E-state index is 12.8. The first kappa shape index (κ1) is 13.9. The van der Waals surface area contributed by atoms with E-state index in [4.69, 9.17) is 11.6 Å². The van der Waals surface area contributed by atoms with Crippen LogP contribution in [0, 0.1) is 0 Å². The van der Waals surface area contributed by atoms with E-state index in [1.165, 1.54) is 16.7 Å². The van der Waals surface area contributed by atoms with Gasteiger partial charge in [-0.2, -0.15) is 8.42 Å². The highest BCUT2D eigenvalue weighted by molar-refractivity contribution is 7.92. The molecule has 1 saturated carbocycles. The second kappa shape index (κ2) is 4.89. The number of fused-ring (bicyclic) bond motifs is 1. The van der Waals surface area contributed by atoms with E-state index in [-0.39, 0.29) is 5.16 Å². The molecule has 1 aliphatic heterocycles. The molecule has 116 valence electrons. The number of benzene rings is 1. The fourth-order valence-corrected chi connectivity index (χ4v) is 4.54. The number of hydrogen-bond acceptors (Lipinski definition) is 4. The van der Waals surface area contributed by atoms with Crippen molar-refractivity contribution in [3.05, 3.63) is 35.6 Å². The summed E-state index contributed by atoms with van der Waals surface area (Å²) in [6.45, 7) is 1.04. The van der Waals surface area contributed by atoms with Gasteiger partial charge in [-0.3, -0.25) is 4.31 Å². The van der Waals surface area contributed by atoms with E-state index in [9.17, 15) is 8.42 Å².